The fraction of sp³-hybridized carbons (Fsp3) is 0. The van der Waals surface area contributed by atoms with Crippen molar-refractivity contribution in [3.05, 3.63) is 108 Å². The van der Waals surface area contributed by atoms with Crippen molar-refractivity contribution in [3.8, 4) is 23.0 Å². The third-order valence-electron chi connectivity index (χ3n) is 4.49. The molecule has 0 aliphatic carbocycles. The molecule has 5 nitrogen and oxygen atoms in total. The van der Waals surface area contributed by atoms with E-state index in [0.717, 1.165) is 11.4 Å². The zero-order chi connectivity index (χ0) is 21.5. The molecule has 4 rings (SSSR count). The Balaban J connectivity index is 1.38. The van der Waals surface area contributed by atoms with E-state index in [1.165, 1.54) is 0 Å². The summed E-state index contributed by atoms with van der Waals surface area (Å²) in [6.45, 7) is 0. The van der Waals surface area contributed by atoms with E-state index < -0.39 is 0 Å². The molecule has 0 amide bonds. The molecule has 0 fully saturated rings. The van der Waals surface area contributed by atoms with Crippen LogP contribution in [-0.2, 0) is 0 Å². The molecule has 0 bridgehead atoms. The van der Waals surface area contributed by atoms with E-state index in [2.05, 4.69) is 9.98 Å². The van der Waals surface area contributed by atoms with Gasteiger partial charge < -0.3 is 14.9 Å². The lowest BCUT2D eigenvalue weighted by Gasteiger charge is -2.06. The molecule has 0 aliphatic heterocycles. The minimum atomic E-state index is 0.194. The number of phenolic OH excluding ortho intramolecular Hbond substituents is 2. The van der Waals surface area contributed by atoms with Gasteiger partial charge in [-0.1, -0.05) is 24.3 Å². The van der Waals surface area contributed by atoms with Gasteiger partial charge in [-0.25, -0.2) is 0 Å². The number of nitrogens with zero attached hydrogens (tertiary/aromatic N) is 2. The van der Waals surface area contributed by atoms with Gasteiger partial charge in [0.25, 0.3) is 0 Å². The Morgan fingerprint density at radius 3 is 1.29 bits per heavy atom. The lowest BCUT2D eigenvalue weighted by Crippen LogP contribution is -1.84. The Bertz CT molecular complexity index is 1120. The van der Waals surface area contributed by atoms with Crippen LogP contribution in [-0.4, -0.2) is 22.6 Å². The predicted molar refractivity (Wildman–Crippen MR) is 124 cm³/mol. The van der Waals surface area contributed by atoms with E-state index in [1.807, 2.05) is 60.7 Å². The summed E-state index contributed by atoms with van der Waals surface area (Å²) in [5, 5.41) is 19.6. The molecule has 2 N–H and O–H groups in total. The summed E-state index contributed by atoms with van der Waals surface area (Å²) in [5.41, 5.74) is 2.83. The fourth-order valence-electron chi connectivity index (χ4n) is 2.82. The summed E-state index contributed by atoms with van der Waals surface area (Å²) in [5.74, 6) is 1.76. The van der Waals surface area contributed by atoms with Crippen LogP contribution in [0.25, 0.3) is 0 Å². The number of hydrogen-bond donors (Lipinski definition) is 2. The van der Waals surface area contributed by atoms with Crippen molar-refractivity contribution >= 4 is 23.8 Å². The molecule has 4 aromatic rings. The lowest BCUT2D eigenvalue weighted by molar-refractivity contribution is 0.474. The Labute approximate surface area is 180 Å². The molecule has 0 saturated carbocycles. The topological polar surface area (TPSA) is 74.4 Å². The van der Waals surface area contributed by atoms with Gasteiger partial charge in [-0.2, -0.15) is 0 Å². The van der Waals surface area contributed by atoms with Crippen LogP contribution in [0.1, 0.15) is 11.1 Å². The van der Waals surface area contributed by atoms with Crippen molar-refractivity contribution in [1.29, 1.82) is 0 Å². The Kier molecular flexibility index (Phi) is 6.05. The summed E-state index contributed by atoms with van der Waals surface area (Å²) < 4.78 is 5.87. The maximum atomic E-state index is 9.79. The van der Waals surface area contributed by atoms with Gasteiger partial charge >= 0.3 is 0 Å². The molecule has 0 heterocycles. The van der Waals surface area contributed by atoms with Crippen LogP contribution in [0.5, 0.6) is 23.0 Å². The molecular formula is C26H20N2O3. The van der Waals surface area contributed by atoms with Crippen molar-refractivity contribution in [2.24, 2.45) is 9.98 Å². The second-order valence-corrected chi connectivity index (χ2v) is 6.72. The highest BCUT2D eigenvalue weighted by Crippen LogP contribution is 2.26. The molecule has 31 heavy (non-hydrogen) atoms. The second kappa shape index (κ2) is 9.41. The summed E-state index contributed by atoms with van der Waals surface area (Å²) >= 11 is 0. The van der Waals surface area contributed by atoms with E-state index in [9.17, 15) is 10.2 Å². The van der Waals surface area contributed by atoms with Crippen molar-refractivity contribution in [3.63, 3.8) is 0 Å². The number of phenols is 2. The van der Waals surface area contributed by atoms with Gasteiger partial charge in [-0.15, -0.1) is 0 Å². The van der Waals surface area contributed by atoms with Crippen LogP contribution < -0.4 is 4.74 Å². The van der Waals surface area contributed by atoms with Gasteiger partial charge in [0.05, 0.1) is 11.4 Å². The summed E-state index contributed by atoms with van der Waals surface area (Å²) in [6.07, 6.45) is 3.25. The Hall–Kier alpha value is -4.38. The highest BCUT2D eigenvalue weighted by Gasteiger charge is 2.00. The summed E-state index contributed by atoms with van der Waals surface area (Å²) in [4.78, 5) is 8.75. The molecule has 0 saturated heterocycles. The summed E-state index contributed by atoms with van der Waals surface area (Å²) in [6, 6.07) is 28.8. The van der Waals surface area contributed by atoms with Crippen LogP contribution in [0, 0.1) is 0 Å². The fourth-order valence-corrected chi connectivity index (χ4v) is 2.82. The highest BCUT2D eigenvalue weighted by molar-refractivity contribution is 5.85. The number of hydrogen-bond acceptors (Lipinski definition) is 5. The first-order chi connectivity index (χ1) is 15.2. The molecule has 0 atom stereocenters. The molecule has 0 spiro atoms. The molecule has 0 aliphatic rings. The third-order valence-corrected chi connectivity index (χ3v) is 4.49. The molecular weight excluding hydrogens is 388 g/mol. The van der Waals surface area contributed by atoms with Crippen molar-refractivity contribution < 1.29 is 14.9 Å². The van der Waals surface area contributed by atoms with Gasteiger partial charge in [0.1, 0.15) is 23.0 Å². The molecule has 0 unspecified atom stereocenters. The number of aromatic hydroxyl groups is 2. The largest absolute Gasteiger partial charge is 0.507 e. The first-order valence-electron chi connectivity index (χ1n) is 9.69. The van der Waals surface area contributed by atoms with Crippen molar-refractivity contribution in [2.75, 3.05) is 0 Å². The first-order valence-corrected chi connectivity index (χ1v) is 9.69. The number of para-hydroxylation sites is 2. The smallest absolute Gasteiger partial charge is 0.127 e. The van der Waals surface area contributed by atoms with Crippen LogP contribution >= 0.6 is 0 Å². The second-order valence-electron chi connectivity index (χ2n) is 6.72. The average molecular weight is 408 g/mol. The van der Waals surface area contributed by atoms with E-state index in [4.69, 9.17) is 4.74 Å². The first kappa shape index (κ1) is 19.9. The highest BCUT2D eigenvalue weighted by atomic mass is 16.5. The number of benzene rings is 4. The quantitative estimate of drug-likeness (QED) is 0.363. The maximum absolute atomic E-state index is 9.79. The van der Waals surface area contributed by atoms with Crippen molar-refractivity contribution in [2.45, 2.75) is 0 Å². The monoisotopic (exact) mass is 408 g/mol. The van der Waals surface area contributed by atoms with Crippen LogP contribution in [0.2, 0.25) is 0 Å². The molecule has 5 heteroatoms. The molecule has 0 aromatic heterocycles. The van der Waals surface area contributed by atoms with E-state index in [0.29, 0.717) is 22.6 Å². The van der Waals surface area contributed by atoms with Gasteiger partial charge in [-0.3, -0.25) is 9.98 Å². The molecule has 0 radical (unpaired) electrons. The van der Waals surface area contributed by atoms with Crippen molar-refractivity contribution in [1.82, 2.24) is 0 Å². The van der Waals surface area contributed by atoms with Gasteiger partial charge in [0, 0.05) is 23.6 Å². The number of aliphatic imine (C=N–C) groups is 2. The van der Waals surface area contributed by atoms with Gasteiger partial charge in [0.15, 0.2) is 0 Å². The Morgan fingerprint density at radius 2 is 0.903 bits per heavy atom. The zero-order valence-electron chi connectivity index (χ0n) is 16.6. The lowest BCUT2D eigenvalue weighted by atomic mass is 10.2. The predicted octanol–water partition coefficient (Wildman–Crippen LogP) is 6.39. The van der Waals surface area contributed by atoms with E-state index >= 15 is 0 Å². The SMILES string of the molecule is Oc1ccccc1C=Nc1ccc(Oc2ccc(N=Cc3ccccc3O)cc2)cc1. The third kappa shape index (κ3) is 5.36. The average Bonchev–Trinajstić information content (AvgIpc) is 2.80. The van der Waals surface area contributed by atoms with E-state index in [-0.39, 0.29) is 11.5 Å². The van der Waals surface area contributed by atoms with Gasteiger partial charge in [-0.05, 0) is 72.8 Å². The normalized spacial score (nSPS) is 11.2. The minimum absolute atomic E-state index is 0.194. The maximum Gasteiger partial charge on any atom is 0.127 e. The van der Waals surface area contributed by atoms with Crippen LogP contribution in [0.3, 0.4) is 0 Å². The minimum Gasteiger partial charge on any atom is -0.507 e. The molecule has 152 valence electrons. The summed E-state index contributed by atoms with van der Waals surface area (Å²) in [7, 11) is 0. The molecule has 4 aromatic carbocycles. The van der Waals surface area contributed by atoms with Crippen LogP contribution in [0.4, 0.5) is 11.4 Å². The van der Waals surface area contributed by atoms with Gasteiger partial charge in [0.2, 0.25) is 0 Å². The number of rotatable bonds is 6. The zero-order valence-corrected chi connectivity index (χ0v) is 16.6. The van der Waals surface area contributed by atoms with Crippen LogP contribution in [0.15, 0.2) is 107 Å². The Morgan fingerprint density at radius 1 is 0.516 bits per heavy atom. The standard InChI is InChI=1S/C26H20N2O3/c29-25-7-3-1-5-19(25)17-27-21-9-13-23(14-10-21)31-24-15-11-22(12-16-24)28-18-20-6-2-4-8-26(20)30/h1-18,29-30H. The van der Waals surface area contributed by atoms with E-state index in [1.54, 1.807) is 48.8 Å². The number of ether oxygens (including phenoxy) is 1.